The average molecular weight is 419 g/mol. The molecule has 0 bridgehead atoms. The first kappa shape index (κ1) is 21.4. The summed E-state index contributed by atoms with van der Waals surface area (Å²) in [5.74, 6) is -0.271. The van der Waals surface area contributed by atoms with Gasteiger partial charge in [0.15, 0.2) is 5.69 Å². The van der Waals surface area contributed by atoms with Gasteiger partial charge in [-0.05, 0) is 49.4 Å². The smallest absolute Gasteiger partial charge is 0.416 e. The summed E-state index contributed by atoms with van der Waals surface area (Å²) in [6.07, 6.45) is -5.47. The van der Waals surface area contributed by atoms with E-state index in [1.165, 1.54) is 12.1 Å². The van der Waals surface area contributed by atoms with Crippen molar-refractivity contribution in [1.29, 1.82) is 0 Å². The maximum atomic E-state index is 12.5. The maximum absolute atomic E-state index is 12.5. The lowest BCUT2D eigenvalue weighted by atomic mass is 10.2. The number of aromatic nitrogens is 2. The Morgan fingerprint density at radius 1 is 1.17 bits per heavy atom. The largest absolute Gasteiger partial charge is 0.491 e. The van der Waals surface area contributed by atoms with Crippen LogP contribution >= 0.6 is 0 Å². The first-order valence-electron chi connectivity index (χ1n) is 9.12. The minimum atomic E-state index is -4.42. The number of nitrogens with zero attached hydrogens (tertiary/aromatic N) is 2. The number of halogens is 3. The summed E-state index contributed by atoms with van der Waals surface area (Å²) in [6.45, 7) is 1.53. The third-order valence-corrected chi connectivity index (χ3v) is 4.24. The predicted octanol–water partition coefficient (Wildman–Crippen LogP) is 3.37. The third-order valence-electron chi connectivity index (χ3n) is 4.24. The molecule has 1 aromatic heterocycles. The first-order valence-corrected chi connectivity index (χ1v) is 9.12. The van der Waals surface area contributed by atoms with Crippen molar-refractivity contribution in [3.05, 3.63) is 77.6 Å². The van der Waals surface area contributed by atoms with E-state index in [-0.39, 0.29) is 24.6 Å². The lowest BCUT2D eigenvalue weighted by Gasteiger charge is -2.13. The van der Waals surface area contributed by atoms with Gasteiger partial charge in [0, 0.05) is 12.2 Å². The van der Waals surface area contributed by atoms with Gasteiger partial charge in [-0.25, -0.2) is 4.68 Å². The minimum absolute atomic E-state index is 0.100. The molecule has 0 aliphatic heterocycles. The molecule has 3 aromatic rings. The molecule has 1 amide bonds. The Kier molecular flexibility index (Phi) is 6.41. The van der Waals surface area contributed by atoms with E-state index in [1.54, 1.807) is 10.7 Å². The van der Waals surface area contributed by atoms with Crippen LogP contribution in [0.25, 0.3) is 5.69 Å². The highest BCUT2D eigenvalue weighted by Gasteiger charge is 2.30. The van der Waals surface area contributed by atoms with E-state index in [9.17, 15) is 23.1 Å². The Morgan fingerprint density at radius 2 is 1.83 bits per heavy atom. The predicted molar refractivity (Wildman–Crippen MR) is 104 cm³/mol. The van der Waals surface area contributed by atoms with Gasteiger partial charge in [-0.3, -0.25) is 4.79 Å². The molecule has 0 aliphatic rings. The quantitative estimate of drug-likeness (QED) is 0.616. The van der Waals surface area contributed by atoms with E-state index in [0.717, 1.165) is 23.5 Å². The Bertz CT molecular complexity index is 986. The number of benzene rings is 2. The molecule has 0 aliphatic carbocycles. The van der Waals surface area contributed by atoms with E-state index in [0.29, 0.717) is 0 Å². The van der Waals surface area contributed by atoms with E-state index in [2.05, 4.69) is 10.4 Å². The van der Waals surface area contributed by atoms with E-state index in [1.807, 2.05) is 37.3 Å². The van der Waals surface area contributed by atoms with Crippen LogP contribution in [0.15, 0.2) is 60.7 Å². The lowest BCUT2D eigenvalue weighted by Crippen LogP contribution is -2.35. The number of hydrogen-bond acceptors (Lipinski definition) is 4. The Morgan fingerprint density at radius 3 is 2.47 bits per heavy atom. The molecule has 9 heteroatoms. The number of amides is 1. The molecule has 6 nitrogen and oxygen atoms in total. The van der Waals surface area contributed by atoms with Crippen molar-refractivity contribution < 1.29 is 27.8 Å². The number of nitrogens with one attached hydrogen (secondary N) is 1. The fourth-order valence-corrected chi connectivity index (χ4v) is 2.71. The van der Waals surface area contributed by atoms with Crippen LogP contribution in [0.4, 0.5) is 13.2 Å². The summed E-state index contributed by atoms with van der Waals surface area (Å²) < 4.78 is 44.5. The van der Waals surface area contributed by atoms with Gasteiger partial charge < -0.3 is 15.2 Å². The Labute approximate surface area is 170 Å². The number of carbonyl (C=O) groups is 1. The summed E-state index contributed by atoms with van der Waals surface area (Å²) in [5.41, 5.74) is 1.01. The number of aryl methyl sites for hydroxylation is 1. The molecule has 0 saturated carbocycles. The second-order valence-corrected chi connectivity index (χ2v) is 6.62. The van der Waals surface area contributed by atoms with Gasteiger partial charge in [0.05, 0.1) is 11.3 Å². The molecule has 0 fully saturated rings. The fourth-order valence-electron chi connectivity index (χ4n) is 2.71. The van der Waals surface area contributed by atoms with Crippen molar-refractivity contribution in [2.24, 2.45) is 0 Å². The van der Waals surface area contributed by atoms with E-state index in [4.69, 9.17) is 4.74 Å². The average Bonchev–Trinajstić information content (AvgIpc) is 3.12. The van der Waals surface area contributed by atoms with Crippen molar-refractivity contribution in [2.75, 3.05) is 13.2 Å². The van der Waals surface area contributed by atoms with Gasteiger partial charge in [0.1, 0.15) is 18.5 Å². The van der Waals surface area contributed by atoms with Gasteiger partial charge in [0.2, 0.25) is 0 Å². The normalized spacial score (nSPS) is 12.4. The standard InChI is InChI=1S/C21H20F3N3O3/c1-14-11-19(26-27(14)16-5-3-2-4-6-16)20(29)25-12-17(28)13-30-18-9-7-15(8-10-18)21(22,23)24/h2-11,17,28H,12-13H2,1H3,(H,25,29). The number of carbonyl (C=O) groups excluding carboxylic acids is 1. The number of aliphatic hydroxyl groups excluding tert-OH is 1. The molecule has 3 rings (SSSR count). The van der Waals surface area contributed by atoms with Crippen molar-refractivity contribution in [2.45, 2.75) is 19.2 Å². The topological polar surface area (TPSA) is 76.4 Å². The van der Waals surface area contributed by atoms with Gasteiger partial charge >= 0.3 is 6.18 Å². The molecular weight excluding hydrogens is 399 g/mol. The van der Waals surface area contributed by atoms with Crippen LogP contribution in [0.1, 0.15) is 21.7 Å². The fraction of sp³-hybridized carbons (Fsp3) is 0.238. The molecule has 0 saturated heterocycles. The molecular formula is C21H20F3N3O3. The van der Waals surface area contributed by atoms with Crippen LogP contribution in [0.3, 0.4) is 0 Å². The van der Waals surface area contributed by atoms with Gasteiger partial charge in [0.25, 0.3) is 5.91 Å². The summed E-state index contributed by atoms with van der Waals surface area (Å²) in [6, 6.07) is 15.1. The zero-order chi connectivity index (χ0) is 21.7. The summed E-state index contributed by atoms with van der Waals surface area (Å²) >= 11 is 0. The molecule has 0 radical (unpaired) electrons. The van der Waals surface area contributed by atoms with Crippen LogP contribution < -0.4 is 10.1 Å². The van der Waals surface area contributed by atoms with Crippen molar-refractivity contribution >= 4 is 5.91 Å². The van der Waals surface area contributed by atoms with E-state index >= 15 is 0 Å². The number of hydrogen-bond donors (Lipinski definition) is 2. The molecule has 2 N–H and O–H groups in total. The highest BCUT2D eigenvalue weighted by molar-refractivity contribution is 5.92. The van der Waals surface area contributed by atoms with Gasteiger partial charge in [-0.15, -0.1) is 0 Å². The highest BCUT2D eigenvalue weighted by atomic mass is 19.4. The number of aliphatic hydroxyl groups is 1. The third kappa shape index (κ3) is 5.38. The Balaban J connectivity index is 1.50. The SMILES string of the molecule is Cc1cc(C(=O)NCC(O)COc2ccc(C(F)(F)F)cc2)nn1-c1ccccc1. The second-order valence-electron chi connectivity index (χ2n) is 6.62. The van der Waals surface area contributed by atoms with Crippen LogP contribution in [-0.2, 0) is 6.18 Å². The van der Waals surface area contributed by atoms with Crippen molar-refractivity contribution in [1.82, 2.24) is 15.1 Å². The van der Waals surface area contributed by atoms with Gasteiger partial charge in [-0.1, -0.05) is 18.2 Å². The molecule has 1 heterocycles. The number of ether oxygens (including phenoxy) is 1. The second kappa shape index (κ2) is 9.00. The lowest BCUT2D eigenvalue weighted by molar-refractivity contribution is -0.137. The van der Waals surface area contributed by atoms with Crippen LogP contribution in [0, 0.1) is 6.92 Å². The zero-order valence-electron chi connectivity index (χ0n) is 16.1. The Hall–Kier alpha value is -3.33. The van der Waals surface area contributed by atoms with Crippen molar-refractivity contribution in [3.8, 4) is 11.4 Å². The summed E-state index contributed by atoms with van der Waals surface area (Å²) in [7, 11) is 0. The number of para-hydroxylation sites is 1. The minimum Gasteiger partial charge on any atom is -0.491 e. The molecule has 158 valence electrons. The molecule has 2 aromatic carbocycles. The zero-order valence-corrected chi connectivity index (χ0v) is 16.1. The van der Waals surface area contributed by atoms with E-state index < -0.39 is 23.8 Å². The first-order chi connectivity index (χ1) is 14.2. The molecule has 0 spiro atoms. The van der Waals surface area contributed by atoms with Crippen LogP contribution in [-0.4, -0.2) is 40.0 Å². The van der Waals surface area contributed by atoms with Crippen LogP contribution in [0.5, 0.6) is 5.75 Å². The molecule has 1 unspecified atom stereocenters. The monoisotopic (exact) mass is 419 g/mol. The number of alkyl halides is 3. The summed E-state index contributed by atoms with van der Waals surface area (Å²) in [4.78, 5) is 12.3. The maximum Gasteiger partial charge on any atom is 0.416 e. The van der Waals surface area contributed by atoms with Crippen LogP contribution in [0.2, 0.25) is 0 Å². The highest BCUT2D eigenvalue weighted by Crippen LogP contribution is 2.30. The number of rotatable bonds is 7. The van der Waals surface area contributed by atoms with Gasteiger partial charge in [-0.2, -0.15) is 18.3 Å². The molecule has 1 atom stereocenters. The van der Waals surface area contributed by atoms with Crippen molar-refractivity contribution in [3.63, 3.8) is 0 Å². The summed E-state index contributed by atoms with van der Waals surface area (Å²) in [5, 5.41) is 16.8. The molecule has 30 heavy (non-hydrogen) atoms.